The van der Waals surface area contributed by atoms with Crippen molar-refractivity contribution >= 4 is 34.6 Å². The van der Waals surface area contributed by atoms with E-state index in [9.17, 15) is 9.18 Å². The SMILES string of the molecule is Cc1nn(C(C)c2ccc(Cl)cc2F)c2nc(N3CC[C@H](N4CCCC4CCC(=O)O)C(C)C3)cnc12. The number of benzene rings is 1. The number of halogens is 2. The predicted molar refractivity (Wildman–Crippen MR) is 142 cm³/mol. The minimum atomic E-state index is -0.716. The number of rotatable bonds is 7. The van der Waals surface area contributed by atoms with Gasteiger partial charge < -0.3 is 10.0 Å². The van der Waals surface area contributed by atoms with Crippen molar-refractivity contribution in [2.45, 2.75) is 71.0 Å². The number of aryl methyl sites for hydroxylation is 1. The van der Waals surface area contributed by atoms with Crippen molar-refractivity contribution in [1.29, 1.82) is 0 Å². The number of hydrogen-bond donors (Lipinski definition) is 1. The molecule has 0 radical (unpaired) electrons. The van der Waals surface area contributed by atoms with Crippen molar-refractivity contribution in [3.63, 3.8) is 0 Å². The number of aromatic nitrogens is 4. The summed E-state index contributed by atoms with van der Waals surface area (Å²) in [5.74, 6) is 0.119. The number of hydrogen-bond acceptors (Lipinski definition) is 6. The molecule has 10 heteroatoms. The van der Waals surface area contributed by atoms with Crippen LogP contribution in [0.25, 0.3) is 11.2 Å². The van der Waals surface area contributed by atoms with E-state index in [1.165, 1.54) is 6.07 Å². The molecule has 5 rings (SSSR count). The molecule has 2 fully saturated rings. The quantitative estimate of drug-likeness (QED) is 0.457. The van der Waals surface area contributed by atoms with E-state index in [0.717, 1.165) is 56.8 Å². The lowest BCUT2D eigenvalue weighted by Crippen LogP contribution is -2.52. The van der Waals surface area contributed by atoms with E-state index in [1.807, 2.05) is 20.0 Å². The first-order chi connectivity index (χ1) is 17.7. The molecule has 0 amide bonds. The van der Waals surface area contributed by atoms with Gasteiger partial charge in [-0.25, -0.2) is 19.0 Å². The normalized spacial score (nSPS) is 23.6. The number of likely N-dealkylation sites (tertiary alicyclic amines) is 1. The molecule has 0 spiro atoms. The maximum Gasteiger partial charge on any atom is 0.303 e. The minimum Gasteiger partial charge on any atom is -0.481 e. The largest absolute Gasteiger partial charge is 0.481 e. The number of carbonyl (C=O) groups is 1. The Morgan fingerprint density at radius 1 is 1.30 bits per heavy atom. The van der Waals surface area contributed by atoms with Crippen LogP contribution in [0.3, 0.4) is 0 Å². The number of aliphatic carboxylic acids is 1. The Labute approximate surface area is 221 Å². The van der Waals surface area contributed by atoms with Gasteiger partial charge in [0.25, 0.3) is 0 Å². The molecule has 8 nitrogen and oxygen atoms in total. The summed E-state index contributed by atoms with van der Waals surface area (Å²) in [6.07, 6.45) is 5.98. The molecular weight excluding hydrogens is 495 g/mol. The van der Waals surface area contributed by atoms with Gasteiger partial charge in [-0.2, -0.15) is 5.10 Å². The third-order valence-corrected chi connectivity index (χ3v) is 8.30. The average Bonchev–Trinajstić information content (AvgIpc) is 3.46. The fourth-order valence-electron chi connectivity index (χ4n) is 6.16. The molecule has 0 aliphatic carbocycles. The van der Waals surface area contributed by atoms with Crippen LogP contribution in [0.4, 0.5) is 10.2 Å². The highest BCUT2D eigenvalue weighted by atomic mass is 35.5. The van der Waals surface area contributed by atoms with Gasteiger partial charge in [-0.05, 0) is 64.1 Å². The third-order valence-electron chi connectivity index (χ3n) is 8.06. The summed E-state index contributed by atoms with van der Waals surface area (Å²) < 4.78 is 16.4. The molecule has 0 saturated carbocycles. The molecule has 3 unspecified atom stereocenters. The van der Waals surface area contributed by atoms with Gasteiger partial charge in [-0.15, -0.1) is 0 Å². The van der Waals surface area contributed by atoms with Crippen LogP contribution in [0, 0.1) is 18.7 Å². The zero-order valence-corrected chi connectivity index (χ0v) is 22.3. The zero-order chi connectivity index (χ0) is 26.3. The van der Waals surface area contributed by atoms with Gasteiger partial charge >= 0.3 is 5.97 Å². The standard InChI is InChI=1S/C27H34ClFN6O2/c1-16-15-33(12-10-23(16)34-11-4-5-20(34)7-9-25(36)37)24-14-30-26-17(2)32-35(27(26)31-24)18(3)21-8-6-19(28)13-22(21)29/h6,8,13-14,16,18,20,23H,4-5,7,9-12,15H2,1-3H3,(H,36,37)/t16?,18?,20?,23-/m0/s1. The Hall–Kier alpha value is -2.78. The number of carboxylic acid groups (broad SMARTS) is 1. The zero-order valence-electron chi connectivity index (χ0n) is 21.6. The highest BCUT2D eigenvalue weighted by Gasteiger charge is 2.37. The van der Waals surface area contributed by atoms with E-state index in [0.29, 0.717) is 39.8 Å². The summed E-state index contributed by atoms with van der Waals surface area (Å²) >= 11 is 5.96. The van der Waals surface area contributed by atoms with Gasteiger partial charge in [0.05, 0.1) is 17.9 Å². The van der Waals surface area contributed by atoms with Crippen molar-refractivity contribution in [2.75, 3.05) is 24.5 Å². The van der Waals surface area contributed by atoms with Crippen LogP contribution in [0.5, 0.6) is 0 Å². The van der Waals surface area contributed by atoms with Gasteiger partial charge in [0.1, 0.15) is 17.2 Å². The van der Waals surface area contributed by atoms with Crippen molar-refractivity contribution in [2.24, 2.45) is 5.92 Å². The Morgan fingerprint density at radius 2 is 2.11 bits per heavy atom. The summed E-state index contributed by atoms with van der Waals surface area (Å²) in [4.78, 5) is 25.6. The Bertz CT molecular complexity index is 1300. The van der Waals surface area contributed by atoms with Crippen LogP contribution in [0.2, 0.25) is 5.02 Å². The maximum absolute atomic E-state index is 14.7. The molecular formula is C27H34ClFN6O2. The number of carboxylic acids is 1. The molecule has 4 heterocycles. The van der Waals surface area contributed by atoms with Crippen LogP contribution >= 0.6 is 11.6 Å². The summed E-state index contributed by atoms with van der Waals surface area (Å²) in [5, 5.41) is 14.2. The van der Waals surface area contributed by atoms with Gasteiger partial charge in [0, 0.05) is 42.2 Å². The fourth-order valence-corrected chi connectivity index (χ4v) is 6.32. The van der Waals surface area contributed by atoms with Crippen molar-refractivity contribution in [3.8, 4) is 0 Å². The van der Waals surface area contributed by atoms with E-state index in [1.54, 1.807) is 16.8 Å². The van der Waals surface area contributed by atoms with Crippen LogP contribution in [-0.4, -0.2) is 67.4 Å². The van der Waals surface area contributed by atoms with Crippen LogP contribution < -0.4 is 4.90 Å². The number of nitrogens with zero attached hydrogens (tertiary/aromatic N) is 6. The first-order valence-corrected chi connectivity index (χ1v) is 13.5. The third kappa shape index (κ3) is 5.16. The molecule has 37 heavy (non-hydrogen) atoms. The average molecular weight is 529 g/mol. The lowest BCUT2D eigenvalue weighted by Gasteiger charge is -2.43. The lowest BCUT2D eigenvalue weighted by molar-refractivity contribution is -0.137. The smallest absolute Gasteiger partial charge is 0.303 e. The molecule has 2 aromatic heterocycles. The summed E-state index contributed by atoms with van der Waals surface area (Å²) in [6, 6.07) is 5.12. The van der Waals surface area contributed by atoms with Crippen LogP contribution in [0.15, 0.2) is 24.4 Å². The Morgan fingerprint density at radius 3 is 2.84 bits per heavy atom. The molecule has 1 aromatic carbocycles. The number of anilines is 1. The van der Waals surface area contributed by atoms with E-state index in [4.69, 9.17) is 26.7 Å². The van der Waals surface area contributed by atoms with Gasteiger partial charge in [-0.1, -0.05) is 24.6 Å². The van der Waals surface area contributed by atoms with Gasteiger partial charge in [0.2, 0.25) is 0 Å². The van der Waals surface area contributed by atoms with Crippen molar-refractivity contribution in [3.05, 3.63) is 46.5 Å². The summed E-state index contributed by atoms with van der Waals surface area (Å²) in [6.45, 7) is 8.81. The minimum absolute atomic E-state index is 0.232. The Balaban J connectivity index is 1.36. The van der Waals surface area contributed by atoms with Gasteiger partial charge in [-0.3, -0.25) is 9.69 Å². The van der Waals surface area contributed by atoms with Crippen LogP contribution in [-0.2, 0) is 4.79 Å². The monoisotopic (exact) mass is 528 g/mol. The number of piperidine rings is 1. The van der Waals surface area contributed by atoms with E-state index >= 15 is 0 Å². The second-order valence-corrected chi connectivity index (χ2v) is 11.0. The van der Waals surface area contributed by atoms with Crippen molar-refractivity contribution in [1.82, 2.24) is 24.6 Å². The molecule has 198 valence electrons. The van der Waals surface area contributed by atoms with E-state index < -0.39 is 5.97 Å². The highest BCUT2D eigenvalue weighted by Crippen LogP contribution is 2.33. The summed E-state index contributed by atoms with van der Waals surface area (Å²) in [7, 11) is 0. The summed E-state index contributed by atoms with van der Waals surface area (Å²) in [5.41, 5.74) is 2.61. The first kappa shape index (κ1) is 25.9. The van der Waals surface area contributed by atoms with Crippen LogP contribution in [0.1, 0.15) is 63.3 Å². The Kier molecular flexibility index (Phi) is 7.36. The molecule has 2 saturated heterocycles. The molecule has 0 bridgehead atoms. The highest BCUT2D eigenvalue weighted by molar-refractivity contribution is 6.30. The lowest BCUT2D eigenvalue weighted by atomic mass is 9.91. The molecule has 2 aliphatic rings. The molecule has 4 atom stereocenters. The van der Waals surface area contributed by atoms with Gasteiger partial charge in [0.15, 0.2) is 5.65 Å². The van der Waals surface area contributed by atoms with Crippen molar-refractivity contribution < 1.29 is 14.3 Å². The number of fused-ring (bicyclic) bond motifs is 1. The molecule has 3 aromatic rings. The van der Waals surface area contributed by atoms with E-state index in [2.05, 4.69) is 21.8 Å². The second-order valence-electron chi connectivity index (χ2n) is 10.5. The fraction of sp³-hybridized carbons (Fsp3) is 0.556. The maximum atomic E-state index is 14.7. The second kappa shape index (κ2) is 10.5. The topological polar surface area (TPSA) is 87.4 Å². The molecule has 1 N–H and O–H groups in total. The predicted octanol–water partition coefficient (Wildman–Crippen LogP) is 5.08. The van der Waals surface area contributed by atoms with E-state index in [-0.39, 0.29) is 18.3 Å². The first-order valence-electron chi connectivity index (χ1n) is 13.1. The molecule has 2 aliphatic heterocycles.